The van der Waals surface area contributed by atoms with Crippen molar-refractivity contribution in [1.82, 2.24) is 20.2 Å². The molecule has 0 unspecified atom stereocenters. The molecule has 2 amide bonds. The molecule has 3 N–H and O–H groups in total. The molecule has 1 aliphatic rings. The molecular formula is C22H24ClN5O3. The zero-order chi connectivity index (χ0) is 21.8. The Balaban J connectivity index is 1.77. The van der Waals surface area contributed by atoms with Gasteiger partial charge in [-0.1, -0.05) is 23.7 Å². The third kappa shape index (κ3) is 4.56. The molecule has 1 saturated heterocycles. The summed E-state index contributed by atoms with van der Waals surface area (Å²) in [6, 6.07) is 12.0. The van der Waals surface area contributed by atoms with Crippen LogP contribution in [0.1, 0.15) is 24.7 Å². The first kappa shape index (κ1) is 21.3. The van der Waals surface area contributed by atoms with Crippen molar-refractivity contribution in [2.45, 2.75) is 18.9 Å². The van der Waals surface area contributed by atoms with Crippen molar-refractivity contribution in [3.8, 4) is 5.69 Å². The van der Waals surface area contributed by atoms with E-state index in [1.54, 1.807) is 48.1 Å². The monoisotopic (exact) mass is 441 g/mol. The number of anilines is 1. The zero-order valence-corrected chi connectivity index (χ0v) is 17.9. The van der Waals surface area contributed by atoms with Crippen LogP contribution in [0.15, 0.2) is 47.3 Å². The molecule has 2 aromatic carbocycles. The van der Waals surface area contributed by atoms with Crippen LogP contribution in [0.25, 0.3) is 16.6 Å². The highest BCUT2D eigenvalue weighted by molar-refractivity contribution is 6.35. The summed E-state index contributed by atoms with van der Waals surface area (Å²) in [5, 5.41) is 9.65. The molecule has 0 saturated carbocycles. The molecular weight excluding hydrogens is 418 g/mol. The second-order valence-electron chi connectivity index (χ2n) is 7.32. The van der Waals surface area contributed by atoms with Gasteiger partial charge in [0.05, 0.1) is 34.3 Å². The molecule has 0 aliphatic carbocycles. The number of methoxy groups -OCH3 is 1. The molecule has 0 bridgehead atoms. The van der Waals surface area contributed by atoms with Crippen LogP contribution in [-0.2, 0) is 4.74 Å². The average molecular weight is 442 g/mol. The van der Waals surface area contributed by atoms with Crippen LogP contribution < -0.4 is 21.5 Å². The normalized spacial score (nSPS) is 15.9. The second kappa shape index (κ2) is 9.47. The summed E-state index contributed by atoms with van der Waals surface area (Å²) >= 11 is 6.35. The summed E-state index contributed by atoms with van der Waals surface area (Å²) < 4.78 is 6.52. The first-order valence-corrected chi connectivity index (χ1v) is 10.5. The SMILES string of the molecule is COCCNC(=O)Nc1cccc(-n2c([C@@H]3CCCN3)nc3cccc(Cl)c3c2=O)c1. The van der Waals surface area contributed by atoms with Crippen LogP contribution in [0.4, 0.5) is 10.5 Å². The van der Waals surface area contributed by atoms with E-state index in [9.17, 15) is 9.59 Å². The number of hydrogen-bond acceptors (Lipinski definition) is 5. The highest BCUT2D eigenvalue weighted by Crippen LogP contribution is 2.27. The zero-order valence-electron chi connectivity index (χ0n) is 17.2. The van der Waals surface area contributed by atoms with Crippen molar-refractivity contribution in [2.24, 2.45) is 0 Å². The van der Waals surface area contributed by atoms with E-state index in [4.69, 9.17) is 21.3 Å². The number of aromatic nitrogens is 2. The Morgan fingerprint density at radius 2 is 2.16 bits per heavy atom. The van der Waals surface area contributed by atoms with Crippen molar-refractivity contribution < 1.29 is 9.53 Å². The number of nitrogens with one attached hydrogen (secondary N) is 3. The van der Waals surface area contributed by atoms with Gasteiger partial charge >= 0.3 is 6.03 Å². The second-order valence-corrected chi connectivity index (χ2v) is 7.72. The predicted octanol–water partition coefficient (Wildman–Crippen LogP) is 3.23. The highest BCUT2D eigenvalue weighted by atomic mass is 35.5. The van der Waals surface area contributed by atoms with Crippen LogP contribution in [0.5, 0.6) is 0 Å². The molecule has 0 radical (unpaired) electrons. The third-order valence-corrected chi connectivity index (χ3v) is 5.51. The summed E-state index contributed by atoms with van der Waals surface area (Å²) in [5.74, 6) is 0.638. The number of hydrogen-bond donors (Lipinski definition) is 3. The van der Waals surface area contributed by atoms with Crippen LogP contribution in [0.3, 0.4) is 0 Å². The van der Waals surface area contributed by atoms with Gasteiger partial charge in [-0.15, -0.1) is 0 Å². The molecule has 162 valence electrons. The summed E-state index contributed by atoms with van der Waals surface area (Å²) in [4.78, 5) is 30.4. The van der Waals surface area contributed by atoms with Crippen molar-refractivity contribution in [3.63, 3.8) is 0 Å². The smallest absolute Gasteiger partial charge is 0.319 e. The summed E-state index contributed by atoms with van der Waals surface area (Å²) in [6.45, 7) is 1.69. The number of benzene rings is 2. The van der Waals surface area contributed by atoms with Gasteiger partial charge in [0.1, 0.15) is 5.82 Å². The maximum atomic E-state index is 13.5. The Morgan fingerprint density at radius 1 is 1.32 bits per heavy atom. The lowest BCUT2D eigenvalue weighted by Gasteiger charge is -2.19. The fourth-order valence-corrected chi connectivity index (χ4v) is 4.01. The van der Waals surface area contributed by atoms with Crippen LogP contribution in [-0.4, -0.2) is 42.4 Å². The number of carbonyl (C=O) groups excluding carboxylic acids is 1. The third-order valence-electron chi connectivity index (χ3n) is 5.20. The lowest BCUT2D eigenvalue weighted by atomic mass is 10.1. The quantitative estimate of drug-likeness (QED) is 0.510. The Morgan fingerprint density at radius 3 is 2.94 bits per heavy atom. The number of halogens is 1. The van der Waals surface area contributed by atoms with E-state index in [2.05, 4.69) is 16.0 Å². The van der Waals surface area contributed by atoms with Gasteiger partial charge in [-0.05, 0) is 49.7 Å². The molecule has 3 aromatic rings. The minimum Gasteiger partial charge on any atom is -0.383 e. The summed E-state index contributed by atoms with van der Waals surface area (Å²) in [7, 11) is 1.57. The largest absolute Gasteiger partial charge is 0.383 e. The maximum absolute atomic E-state index is 13.5. The highest BCUT2D eigenvalue weighted by Gasteiger charge is 2.24. The molecule has 1 aromatic heterocycles. The number of ether oxygens (including phenoxy) is 1. The fourth-order valence-electron chi connectivity index (χ4n) is 3.76. The molecule has 31 heavy (non-hydrogen) atoms. The Hall–Kier alpha value is -2.94. The summed E-state index contributed by atoms with van der Waals surface area (Å²) in [5.41, 5.74) is 1.51. The lowest BCUT2D eigenvalue weighted by molar-refractivity contribution is 0.198. The minimum atomic E-state index is -0.348. The number of rotatable bonds is 6. The molecule has 1 fully saturated rings. The van der Waals surface area contributed by atoms with Crippen molar-refractivity contribution in [3.05, 3.63) is 63.7 Å². The molecule has 8 nitrogen and oxygen atoms in total. The van der Waals surface area contributed by atoms with E-state index >= 15 is 0 Å². The standard InChI is InChI=1S/C22H24ClN5O3/c1-31-12-11-25-22(30)26-14-5-2-6-15(13-14)28-20(18-9-4-10-24-18)27-17-8-3-7-16(23)19(17)21(28)29/h2-3,5-8,13,18,24H,4,9-12H2,1H3,(H2,25,26,30)/t18-/m0/s1. The Bertz CT molecular complexity index is 1160. The molecule has 2 heterocycles. The number of nitrogens with zero attached hydrogens (tertiary/aromatic N) is 2. The number of carbonyl (C=O) groups is 1. The Labute approximate surface area is 184 Å². The predicted molar refractivity (Wildman–Crippen MR) is 121 cm³/mol. The molecule has 9 heteroatoms. The van der Waals surface area contributed by atoms with E-state index in [0.717, 1.165) is 19.4 Å². The first-order valence-electron chi connectivity index (χ1n) is 10.2. The van der Waals surface area contributed by atoms with Crippen LogP contribution in [0, 0.1) is 0 Å². The minimum absolute atomic E-state index is 0.0370. The average Bonchev–Trinajstić information content (AvgIpc) is 3.29. The van der Waals surface area contributed by atoms with Crippen molar-refractivity contribution in [2.75, 3.05) is 32.1 Å². The van der Waals surface area contributed by atoms with Gasteiger partial charge in [-0.25, -0.2) is 9.78 Å². The molecule has 1 atom stereocenters. The molecule has 4 rings (SSSR count). The van der Waals surface area contributed by atoms with Crippen molar-refractivity contribution in [1.29, 1.82) is 0 Å². The fraction of sp³-hybridized carbons (Fsp3) is 0.318. The van der Waals surface area contributed by atoms with Crippen molar-refractivity contribution >= 4 is 34.2 Å². The molecule has 1 aliphatic heterocycles. The van der Waals surface area contributed by atoms with E-state index in [1.165, 1.54) is 0 Å². The number of amides is 2. The van der Waals surface area contributed by atoms with Crippen LogP contribution >= 0.6 is 11.6 Å². The van der Waals surface area contributed by atoms with Gasteiger partial charge < -0.3 is 20.7 Å². The van der Waals surface area contributed by atoms with E-state index in [-0.39, 0.29) is 17.6 Å². The number of urea groups is 1. The number of fused-ring (bicyclic) bond motifs is 1. The Kier molecular flexibility index (Phi) is 6.50. The van der Waals surface area contributed by atoms with Gasteiger partial charge in [0.25, 0.3) is 5.56 Å². The van der Waals surface area contributed by atoms with Gasteiger partial charge in [0, 0.05) is 19.3 Å². The summed E-state index contributed by atoms with van der Waals surface area (Å²) in [6.07, 6.45) is 1.90. The van der Waals surface area contributed by atoms with Crippen LogP contribution in [0.2, 0.25) is 5.02 Å². The van der Waals surface area contributed by atoms with Gasteiger partial charge in [-0.3, -0.25) is 9.36 Å². The lowest BCUT2D eigenvalue weighted by Crippen LogP contribution is -2.31. The first-order chi connectivity index (χ1) is 15.1. The van der Waals surface area contributed by atoms with E-state index < -0.39 is 0 Å². The maximum Gasteiger partial charge on any atom is 0.319 e. The van der Waals surface area contributed by atoms with E-state index in [1.807, 2.05) is 6.07 Å². The van der Waals surface area contributed by atoms with E-state index in [0.29, 0.717) is 46.3 Å². The van der Waals surface area contributed by atoms with Gasteiger partial charge in [0.2, 0.25) is 0 Å². The molecule has 0 spiro atoms. The topological polar surface area (TPSA) is 97.3 Å². The van der Waals surface area contributed by atoms with Gasteiger partial charge in [-0.2, -0.15) is 0 Å². The van der Waals surface area contributed by atoms with Gasteiger partial charge in [0.15, 0.2) is 0 Å².